The summed E-state index contributed by atoms with van der Waals surface area (Å²) in [5.41, 5.74) is 9.01. The van der Waals surface area contributed by atoms with Crippen molar-refractivity contribution in [2.24, 2.45) is 10.3 Å². The van der Waals surface area contributed by atoms with E-state index < -0.39 is 29.2 Å². The zero-order valence-electron chi connectivity index (χ0n) is 20.1. The standard InChI is InChI=1S/C23H23N7O5S2/c1-11-4-5-15-12(7-25-30(15,2)8-11)6-13-9-36-21-17(20(32)29(21)18(13)22(33)34)27-19(31)16(28-35-3)14-10-37-23(24)26-14/h4-5,7-8,10,17,21H,6,9H2,1-3H3,(H3-,24,26,27,31,33,34)/b28-16-/t17-,21-,30?/m1/s1. The van der Waals surface area contributed by atoms with Crippen LogP contribution in [0.3, 0.4) is 0 Å². The molecule has 0 bridgehead atoms. The van der Waals surface area contributed by atoms with Crippen molar-refractivity contribution in [3.63, 3.8) is 0 Å². The molecule has 5 rings (SSSR count). The summed E-state index contributed by atoms with van der Waals surface area (Å²) in [5, 5.41) is 24.3. The minimum Gasteiger partial charge on any atom is -0.543 e. The van der Waals surface area contributed by atoms with E-state index in [0.717, 1.165) is 28.2 Å². The van der Waals surface area contributed by atoms with Gasteiger partial charge in [-0.05, 0) is 18.6 Å². The SMILES string of the molecule is CO/N=C(\C(=O)N[C@@H]1C(=O)N2C(C(=O)[O-])=C(CC3=C4C=CC(C)=C[N+]4(C)N=C3)CS[C@H]12)c1csc(N)n1. The van der Waals surface area contributed by atoms with Crippen LogP contribution in [0.15, 0.2) is 62.1 Å². The third-order valence-electron chi connectivity index (χ3n) is 6.32. The summed E-state index contributed by atoms with van der Waals surface area (Å²) in [6, 6.07) is -0.948. The van der Waals surface area contributed by atoms with Gasteiger partial charge in [-0.3, -0.25) is 14.5 Å². The predicted molar refractivity (Wildman–Crippen MR) is 136 cm³/mol. The number of quaternary nitrogens is 1. The zero-order chi connectivity index (χ0) is 26.5. The number of oxime groups is 1. The fraction of sp³-hybridized carbons (Fsp3) is 0.304. The largest absolute Gasteiger partial charge is 0.543 e. The van der Waals surface area contributed by atoms with Crippen LogP contribution in [-0.4, -0.2) is 75.5 Å². The van der Waals surface area contributed by atoms with Gasteiger partial charge in [0.2, 0.25) is 0 Å². The highest BCUT2D eigenvalue weighted by atomic mass is 32.2. The number of nitrogen functional groups attached to an aromatic ring is 1. The van der Waals surface area contributed by atoms with Crippen LogP contribution in [-0.2, 0) is 19.2 Å². The molecule has 0 aliphatic carbocycles. The fourth-order valence-electron chi connectivity index (χ4n) is 4.69. The number of allylic oxidation sites excluding steroid dienone is 4. The summed E-state index contributed by atoms with van der Waals surface area (Å²) in [5.74, 6) is -2.33. The number of amides is 2. The molecule has 3 atom stereocenters. The summed E-state index contributed by atoms with van der Waals surface area (Å²) in [4.78, 5) is 48.2. The lowest BCUT2D eigenvalue weighted by molar-refractivity contribution is -0.822. The minimum atomic E-state index is -1.44. The van der Waals surface area contributed by atoms with Gasteiger partial charge in [-0.15, -0.1) is 27.7 Å². The first kappa shape index (κ1) is 24.9. The van der Waals surface area contributed by atoms with Gasteiger partial charge in [-0.2, -0.15) is 0 Å². The molecule has 4 aliphatic heterocycles. The van der Waals surface area contributed by atoms with E-state index in [1.54, 1.807) is 11.6 Å². The smallest absolute Gasteiger partial charge is 0.276 e. The lowest BCUT2D eigenvalue weighted by atomic mass is 9.97. The van der Waals surface area contributed by atoms with E-state index in [1.807, 2.05) is 32.3 Å². The molecule has 1 aromatic rings. The summed E-state index contributed by atoms with van der Waals surface area (Å²) in [6.45, 7) is 1.99. The van der Waals surface area contributed by atoms with Gasteiger partial charge < -0.3 is 25.8 Å². The number of carbonyl (C=O) groups is 3. The van der Waals surface area contributed by atoms with Gasteiger partial charge in [-0.1, -0.05) is 10.3 Å². The number of fused-ring (bicyclic) bond motifs is 2. The highest BCUT2D eigenvalue weighted by molar-refractivity contribution is 8.00. The van der Waals surface area contributed by atoms with Crippen LogP contribution in [0.5, 0.6) is 0 Å². The molecule has 1 saturated heterocycles. The number of thiazole rings is 1. The molecule has 0 radical (unpaired) electrons. The number of nitrogens with two attached hydrogens (primary N) is 1. The molecule has 0 aromatic carbocycles. The Balaban J connectivity index is 1.37. The van der Waals surface area contributed by atoms with E-state index in [4.69, 9.17) is 10.6 Å². The molecule has 12 nitrogen and oxygen atoms in total. The van der Waals surface area contributed by atoms with Crippen molar-refractivity contribution in [1.82, 2.24) is 15.2 Å². The summed E-state index contributed by atoms with van der Waals surface area (Å²) < 4.78 is 0.258. The first-order chi connectivity index (χ1) is 17.6. The Morgan fingerprint density at radius 3 is 2.86 bits per heavy atom. The highest BCUT2D eigenvalue weighted by Crippen LogP contribution is 2.43. The maximum atomic E-state index is 13.1. The van der Waals surface area contributed by atoms with Crippen molar-refractivity contribution in [2.75, 3.05) is 25.6 Å². The number of anilines is 1. The Morgan fingerprint density at radius 1 is 1.41 bits per heavy atom. The van der Waals surface area contributed by atoms with Crippen molar-refractivity contribution in [2.45, 2.75) is 24.8 Å². The number of rotatable bonds is 7. The van der Waals surface area contributed by atoms with Crippen LogP contribution >= 0.6 is 23.1 Å². The van der Waals surface area contributed by atoms with E-state index in [9.17, 15) is 19.5 Å². The molecule has 1 unspecified atom stereocenters. The van der Waals surface area contributed by atoms with Crippen LogP contribution in [0.2, 0.25) is 0 Å². The van der Waals surface area contributed by atoms with Crippen molar-refractivity contribution in [3.05, 3.63) is 57.5 Å². The number of nitrogens with zero attached hydrogens (tertiary/aromatic N) is 5. The van der Waals surface area contributed by atoms with Crippen LogP contribution in [0, 0.1) is 0 Å². The first-order valence-corrected chi connectivity index (χ1v) is 13.1. The normalized spacial score (nSPS) is 26.6. The molecular weight excluding hydrogens is 518 g/mol. The van der Waals surface area contributed by atoms with E-state index in [1.165, 1.54) is 23.8 Å². The van der Waals surface area contributed by atoms with Gasteiger partial charge in [0, 0.05) is 34.8 Å². The molecule has 0 saturated carbocycles. The maximum Gasteiger partial charge on any atom is 0.276 e. The maximum absolute atomic E-state index is 13.1. The molecular formula is C23H23N7O5S2. The summed E-state index contributed by atoms with van der Waals surface area (Å²) in [7, 11) is 3.22. The van der Waals surface area contributed by atoms with Crippen LogP contribution in [0.1, 0.15) is 19.0 Å². The van der Waals surface area contributed by atoms with Crippen LogP contribution < -0.4 is 16.2 Å². The average molecular weight is 542 g/mol. The number of hydrogen-bond acceptors (Lipinski definition) is 11. The summed E-state index contributed by atoms with van der Waals surface area (Å²) >= 11 is 2.50. The van der Waals surface area contributed by atoms with Crippen molar-refractivity contribution in [1.29, 1.82) is 0 Å². The van der Waals surface area contributed by atoms with Gasteiger partial charge in [0.15, 0.2) is 16.5 Å². The molecule has 37 heavy (non-hydrogen) atoms. The van der Waals surface area contributed by atoms with Crippen molar-refractivity contribution in [3.8, 4) is 0 Å². The number of hydrogen-bond donors (Lipinski definition) is 2. The molecule has 1 fully saturated rings. The molecule has 3 N–H and O–H groups in total. The van der Waals surface area contributed by atoms with E-state index >= 15 is 0 Å². The zero-order valence-corrected chi connectivity index (χ0v) is 21.8. The Morgan fingerprint density at radius 2 is 2.19 bits per heavy atom. The molecule has 2 amide bonds. The molecule has 5 heterocycles. The number of β-lactam (4-membered cyclic amide) rings is 1. The van der Waals surface area contributed by atoms with E-state index in [-0.39, 0.29) is 26.8 Å². The van der Waals surface area contributed by atoms with Gasteiger partial charge in [-0.25, -0.2) is 4.98 Å². The molecule has 4 aliphatic rings. The highest BCUT2D eigenvalue weighted by Gasteiger charge is 2.53. The van der Waals surface area contributed by atoms with Gasteiger partial charge >= 0.3 is 0 Å². The fourth-order valence-corrected chi connectivity index (χ4v) is 6.59. The van der Waals surface area contributed by atoms with E-state index in [2.05, 4.69) is 20.6 Å². The second kappa shape index (κ2) is 9.28. The number of likely N-dealkylation sites (N-methyl/N-ethyl adjacent to an activating group) is 1. The second-order valence-electron chi connectivity index (χ2n) is 8.86. The lowest BCUT2D eigenvalue weighted by Gasteiger charge is -2.50. The average Bonchev–Trinajstić information content (AvgIpc) is 3.42. The topological polar surface area (TPSA) is 162 Å². The third-order valence-corrected chi connectivity index (χ3v) is 8.34. The van der Waals surface area contributed by atoms with Crippen LogP contribution in [0.4, 0.5) is 5.13 Å². The second-order valence-corrected chi connectivity index (χ2v) is 10.9. The van der Waals surface area contributed by atoms with Gasteiger partial charge in [0.05, 0.1) is 17.9 Å². The number of aliphatic carboxylic acids is 1. The van der Waals surface area contributed by atoms with Gasteiger partial charge in [0.1, 0.15) is 37.5 Å². The molecule has 1 aromatic heterocycles. The Kier molecular flexibility index (Phi) is 6.25. The molecule has 192 valence electrons. The first-order valence-electron chi connectivity index (χ1n) is 11.2. The number of carboxylic acids is 1. The number of nitrogens with one attached hydrogen (secondary N) is 1. The summed E-state index contributed by atoms with van der Waals surface area (Å²) in [6.07, 6.45) is 8.02. The van der Waals surface area contributed by atoms with Crippen LogP contribution in [0.25, 0.3) is 0 Å². The van der Waals surface area contributed by atoms with E-state index in [0.29, 0.717) is 17.7 Å². The molecule has 14 heteroatoms. The molecule has 0 spiro atoms. The quantitative estimate of drug-likeness (QED) is 0.212. The predicted octanol–water partition coefficient (Wildman–Crippen LogP) is 0.0435. The lowest BCUT2D eigenvalue weighted by Crippen LogP contribution is -2.71. The number of aromatic nitrogens is 1. The van der Waals surface area contributed by atoms with Crippen molar-refractivity contribution < 1.29 is 28.9 Å². The minimum absolute atomic E-state index is 0.140. The number of carboxylic acid groups (broad SMARTS) is 1. The Labute approximate surface area is 220 Å². The Bertz CT molecular complexity index is 1410. The third kappa shape index (κ3) is 4.26. The van der Waals surface area contributed by atoms with Crippen molar-refractivity contribution >= 4 is 57.9 Å². The monoisotopic (exact) mass is 541 g/mol. The van der Waals surface area contributed by atoms with Gasteiger partial charge in [0.25, 0.3) is 11.8 Å². The number of carbonyl (C=O) groups excluding carboxylic acids is 3. The Hall–Kier alpha value is -3.75. The number of thioether (sulfide) groups is 1.